The zero-order valence-electron chi connectivity index (χ0n) is 9.19. The van der Waals surface area contributed by atoms with Crippen LogP contribution in [-0.4, -0.2) is 30.4 Å². The minimum atomic E-state index is -0.0174. The highest BCUT2D eigenvalue weighted by atomic mass is 32.2. The number of aromatic nitrogens is 5. The van der Waals surface area contributed by atoms with E-state index in [4.69, 9.17) is 10.5 Å². The van der Waals surface area contributed by atoms with E-state index in [1.807, 2.05) is 13.8 Å². The van der Waals surface area contributed by atoms with E-state index in [1.165, 1.54) is 29.6 Å². The molecule has 0 saturated heterocycles. The Morgan fingerprint density at radius 1 is 1.35 bits per heavy atom. The van der Waals surface area contributed by atoms with E-state index in [0.717, 1.165) is 4.34 Å². The molecule has 0 amide bonds. The highest BCUT2D eigenvalue weighted by molar-refractivity contribution is 8.00. The van der Waals surface area contributed by atoms with Crippen molar-refractivity contribution >= 4 is 29.2 Å². The zero-order chi connectivity index (χ0) is 12.3. The van der Waals surface area contributed by atoms with E-state index < -0.39 is 0 Å². The third-order valence-electron chi connectivity index (χ3n) is 1.47. The number of rotatable bonds is 4. The lowest BCUT2D eigenvalue weighted by atomic mass is 10.5. The number of nitrogens with two attached hydrogens (primary N) is 1. The molecule has 0 aliphatic rings. The molecule has 0 aromatic carbocycles. The Kier molecular flexibility index (Phi) is 3.69. The van der Waals surface area contributed by atoms with Gasteiger partial charge in [-0.05, 0) is 37.1 Å². The van der Waals surface area contributed by atoms with Gasteiger partial charge >= 0.3 is 6.01 Å². The number of anilines is 1. The summed E-state index contributed by atoms with van der Waals surface area (Å²) >= 11 is 2.54. The van der Waals surface area contributed by atoms with Crippen LogP contribution in [0.2, 0.25) is 0 Å². The van der Waals surface area contributed by atoms with Gasteiger partial charge in [-0.2, -0.15) is 19.3 Å². The van der Waals surface area contributed by atoms with Gasteiger partial charge in [-0.3, -0.25) is 0 Å². The molecule has 90 valence electrons. The molecule has 0 fully saturated rings. The average Bonchev–Trinajstić information content (AvgIpc) is 2.67. The SMILES string of the molecule is CC(C)Oc1nc(N)nc(Sc2ncns2)n1. The lowest BCUT2D eigenvalue weighted by molar-refractivity contribution is 0.219. The van der Waals surface area contributed by atoms with E-state index in [-0.39, 0.29) is 18.1 Å². The van der Waals surface area contributed by atoms with Crippen LogP contribution in [0.25, 0.3) is 0 Å². The van der Waals surface area contributed by atoms with Crippen molar-refractivity contribution in [2.24, 2.45) is 0 Å². The first-order valence-corrected chi connectivity index (χ1v) is 6.35. The highest BCUT2D eigenvalue weighted by Crippen LogP contribution is 2.26. The van der Waals surface area contributed by atoms with Crippen molar-refractivity contribution in [1.82, 2.24) is 24.3 Å². The van der Waals surface area contributed by atoms with Crippen molar-refractivity contribution in [3.05, 3.63) is 6.33 Å². The van der Waals surface area contributed by atoms with E-state index in [0.29, 0.717) is 5.16 Å². The fraction of sp³-hybridized carbons (Fsp3) is 0.375. The standard InChI is InChI=1S/C8H10N6OS2/c1-4(2)15-6-12-5(9)13-7(14-6)16-8-10-3-11-17-8/h3-4H,1-2H3,(H2,9,12,13,14). The predicted octanol–water partition coefficient (Wildman–Crippen LogP) is 1.24. The number of nitrogen functional groups attached to an aromatic ring is 1. The molecule has 2 N–H and O–H groups in total. The molecule has 0 aliphatic carbocycles. The molecule has 0 bridgehead atoms. The Bertz CT molecular complexity index is 489. The minimum Gasteiger partial charge on any atom is -0.461 e. The summed E-state index contributed by atoms with van der Waals surface area (Å²) in [5, 5.41) is 0.449. The molecule has 0 aliphatic heterocycles. The molecule has 0 unspecified atom stereocenters. The maximum absolute atomic E-state index is 5.58. The van der Waals surface area contributed by atoms with Crippen molar-refractivity contribution < 1.29 is 4.74 Å². The minimum absolute atomic E-state index is 0.0174. The largest absolute Gasteiger partial charge is 0.461 e. The van der Waals surface area contributed by atoms with E-state index in [1.54, 1.807) is 0 Å². The quantitative estimate of drug-likeness (QED) is 0.885. The maximum atomic E-state index is 5.58. The Balaban J connectivity index is 2.19. The summed E-state index contributed by atoms with van der Waals surface area (Å²) in [7, 11) is 0. The molecular formula is C8H10N6OS2. The Hall–Kier alpha value is -1.48. The van der Waals surface area contributed by atoms with Crippen LogP contribution >= 0.6 is 23.3 Å². The Morgan fingerprint density at radius 3 is 2.82 bits per heavy atom. The second-order valence-corrected chi connectivity index (χ2v) is 5.23. The molecule has 2 rings (SSSR count). The second kappa shape index (κ2) is 5.23. The average molecular weight is 270 g/mol. The monoisotopic (exact) mass is 270 g/mol. The third kappa shape index (κ3) is 3.49. The molecular weight excluding hydrogens is 260 g/mol. The number of ether oxygens (including phenoxy) is 1. The maximum Gasteiger partial charge on any atom is 0.322 e. The topological polar surface area (TPSA) is 99.7 Å². The van der Waals surface area contributed by atoms with Crippen LogP contribution in [0.5, 0.6) is 6.01 Å². The number of nitrogens with zero attached hydrogens (tertiary/aromatic N) is 5. The van der Waals surface area contributed by atoms with Crippen molar-refractivity contribution in [3.8, 4) is 6.01 Å². The second-order valence-electron chi connectivity index (χ2n) is 3.23. The molecule has 2 heterocycles. The Morgan fingerprint density at radius 2 is 2.18 bits per heavy atom. The van der Waals surface area contributed by atoms with Gasteiger partial charge in [0.2, 0.25) is 11.1 Å². The molecule has 2 aromatic heterocycles. The van der Waals surface area contributed by atoms with Crippen molar-refractivity contribution in [3.63, 3.8) is 0 Å². The van der Waals surface area contributed by atoms with Gasteiger partial charge in [0.1, 0.15) is 6.33 Å². The molecule has 0 saturated carbocycles. The van der Waals surface area contributed by atoms with Gasteiger partial charge < -0.3 is 10.5 Å². The van der Waals surface area contributed by atoms with E-state index in [2.05, 4.69) is 24.3 Å². The normalized spacial score (nSPS) is 10.8. The summed E-state index contributed by atoms with van der Waals surface area (Å²) in [6, 6.07) is 0.222. The van der Waals surface area contributed by atoms with Gasteiger partial charge in [0.25, 0.3) is 0 Å². The van der Waals surface area contributed by atoms with Gasteiger partial charge in [0.05, 0.1) is 6.10 Å². The molecule has 0 radical (unpaired) electrons. The van der Waals surface area contributed by atoms with Gasteiger partial charge in [-0.1, -0.05) is 0 Å². The number of hydrogen-bond acceptors (Lipinski definition) is 9. The first-order valence-electron chi connectivity index (χ1n) is 4.76. The third-order valence-corrected chi connectivity index (χ3v) is 3.05. The van der Waals surface area contributed by atoms with Crippen molar-refractivity contribution in [2.45, 2.75) is 29.4 Å². The summed E-state index contributed by atoms with van der Waals surface area (Å²) in [5.74, 6) is 0.127. The summed E-state index contributed by atoms with van der Waals surface area (Å²) < 4.78 is 10.00. The first kappa shape index (κ1) is 12.0. The molecule has 17 heavy (non-hydrogen) atoms. The molecule has 0 atom stereocenters. The predicted molar refractivity (Wildman–Crippen MR) is 64.0 cm³/mol. The van der Waals surface area contributed by atoms with Crippen LogP contribution in [0.15, 0.2) is 15.8 Å². The zero-order valence-corrected chi connectivity index (χ0v) is 10.8. The molecule has 2 aromatic rings. The van der Waals surface area contributed by atoms with E-state index >= 15 is 0 Å². The van der Waals surface area contributed by atoms with Gasteiger partial charge in [-0.25, -0.2) is 4.98 Å². The van der Waals surface area contributed by atoms with Gasteiger partial charge in [0, 0.05) is 0 Å². The van der Waals surface area contributed by atoms with Crippen LogP contribution in [0.3, 0.4) is 0 Å². The van der Waals surface area contributed by atoms with Gasteiger partial charge in [0.15, 0.2) is 4.34 Å². The van der Waals surface area contributed by atoms with Gasteiger partial charge in [-0.15, -0.1) is 0 Å². The summed E-state index contributed by atoms with van der Waals surface area (Å²) in [6.45, 7) is 3.77. The smallest absolute Gasteiger partial charge is 0.322 e. The molecule has 9 heteroatoms. The summed E-state index contributed by atoms with van der Waals surface area (Å²) in [4.78, 5) is 16.0. The van der Waals surface area contributed by atoms with Crippen molar-refractivity contribution in [1.29, 1.82) is 0 Å². The molecule has 7 nitrogen and oxygen atoms in total. The fourth-order valence-electron chi connectivity index (χ4n) is 0.948. The van der Waals surface area contributed by atoms with Crippen molar-refractivity contribution in [2.75, 3.05) is 5.73 Å². The van der Waals surface area contributed by atoms with Crippen LogP contribution < -0.4 is 10.5 Å². The van der Waals surface area contributed by atoms with Crippen LogP contribution in [0, 0.1) is 0 Å². The van der Waals surface area contributed by atoms with E-state index in [9.17, 15) is 0 Å². The molecule has 0 spiro atoms. The summed E-state index contributed by atoms with van der Waals surface area (Å²) in [5.41, 5.74) is 5.58. The lowest BCUT2D eigenvalue weighted by Crippen LogP contribution is -2.10. The first-order chi connectivity index (χ1) is 8.13. The van der Waals surface area contributed by atoms with Crippen LogP contribution in [0.4, 0.5) is 5.95 Å². The van der Waals surface area contributed by atoms with Crippen LogP contribution in [-0.2, 0) is 0 Å². The lowest BCUT2D eigenvalue weighted by Gasteiger charge is -2.07. The fourth-order valence-corrected chi connectivity index (χ4v) is 2.25. The Labute approximate surface area is 106 Å². The van der Waals surface area contributed by atoms with Crippen LogP contribution in [0.1, 0.15) is 13.8 Å². The highest BCUT2D eigenvalue weighted by Gasteiger charge is 2.10. The number of hydrogen-bond donors (Lipinski definition) is 1. The summed E-state index contributed by atoms with van der Waals surface area (Å²) in [6.07, 6.45) is 1.46.